The first-order valence-corrected chi connectivity index (χ1v) is 4.65. The van der Waals surface area contributed by atoms with Gasteiger partial charge < -0.3 is 4.74 Å². The molecular formula is C10H14O5. The van der Waals surface area contributed by atoms with Crippen molar-refractivity contribution in [1.29, 1.82) is 0 Å². The van der Waals surface area contributed by atoms with Gasteiger partial charge in [0.1, 0.15) is 12.2 Å². The molecule has 0 saturated carbocycles. The first-order valence-electron chi connectivity index (χ1n) is 4.65. The zero-order valence-corrected chi connectivity index (χ0v) is 8.87. The molecule has 0 atom stereocenters. The second-order valence-electron chi connectivity index (χ2n) is 3.06. The Hall–Kier alpha value is -1.52. The van der Waals surface area contributed by atoms with Gasteiger partial charge in [0.2, 0.25) is 11.6 Å². The molecule has 0 rings (SSSR count). The minimum absolute atomic E-state index is 0.275. The third kappa shape index (κ3) is 5.72. The van der Waals surface area contributed by atoms with E-state index < -0.39 is 30.4 Å². The second kappa shape index (κ2) is 6.86. The van der Waals surface area contributed by atoms with Gasteiger partial charge in [-0.3, -0.25) is 19.2 Å². The van der Waals surface area contributed by atoms with Crippen molar-refractivity contribution < 1.29 is 23.9 Å². The molecule has 0 aliphatic carbocycles. The van der Waals surface area contributed by atoms with Crippen LogP contribution in [0.25, 0.3) is 0 Å². The highest BCUT2D eigenvalue weighted by atomic mass is 16.5. The highest BCUT2D eigenvalue weighted by Crippen LogP contribution is 1.98. The molecule has 0 N–H and O–H groups in total. The molecule has 0 aromatic heterocycles. The molecule has 0 aromatic carbocycles. The fourth-order valence-electron chi connectivity index (χ4n) is 0.947. The molecule has 0 saturated heterocycles. The minimum Gasteiger partial charge on any atom is -0.469 e. The van der Waals surface area contributed by atoms with Crippen LogP contribution in [0.15, 0.2) is 0 Å². The normalized spacial score (nSPS) is 9.47. The summed E-state index contributed by atoms with van der Waals surface area (Å²) in [6.07, 6.45) is -0.0903. The standard InChI is InChI=1S/C10H14O5/c1-3-4-7(11)5-8(12)9(13)6-10(14)15-2/h3-6H2,1-2H3. The summed E-state index contributed by atoms with van der Waals surface area (Å²) in [5.41, 5.74) is 0. The molecule has 0 aromatic rings. The molecule has 15 heavy (non-hydrogen) atoms. The first kappa shape index (κ1) is 13.5. The van der Waals surface area contributed by atoms with Crippen LogP contribution in [0.3, 0.4) is 0 Å². The number of hydrogen-bond donors (Lipinski definition) is 0. The van der Waals surface area contributed by atoms with E-state index >= 15 is 0 Å². The van der Waals surface area contributed by atoms with E-state index in [2.05, 4.69) is 4.74 Å². The summed E-state index contributed by atoms with van der Waals surface area (Å²) in [6.45, 7) is 1.80. The summed E-state index contributed by atoms with van der Waals surface area (Å²) in [6, 6.07) is 0. The highest BCUT2D eigenvalue weighted by Gasteiger charge is 2.20. The van der Waals surface area contributed by atoms with Crippen LogP contribution in [-0.4, -0.2) is 30.4 Å². The van der Waals surface area contributed by atoms with E-state index in [1.54, 1.807) is 6.92 Å². The van der Waals surface area contributed by atoms with Gasteiger partial charge in [0.05, 0.1) is 13.5 Å². The van der Waals surface area contributed by atoms with Gasteiger partial charge in [0.15, 0.2) is 0 Å². The Morgan fingerprint density at radius 1 is 1.00 bits per heavy atom. The van der Waals surface area contributed by atoms with Gasteiger partial charge in [-0.15, -0.1) is 0 Å². The first-order chi connectivity index (χ1) is 7.01. The number of ether oxygens (including phenoxy) is 1. The van der Waals surface area contributed by atoms with Gasteiger partial charge in [-0.05, 0) is 6.42 Å². The number of rotatable bonds is 7. The number of hydrogen-bond acceptors (Lipinski definition) is 5. The molecule has 0 heterocycles. The Morgan fingerprint density at radius 2 is 1.53 bits per heavy atom. The van der Waals surface area contributed by atoms with Crippen molar-refractivity contribution >= 4 is 23.3 Å². The van der Waals surface area contributed by atoms with Crippen molar-refractivity contribution in [3.05, 3.63) is 0 Å². The van der Waals surface area contributed by atoms with Gasteiger partial charge in [-0.25, -0.2) is 0 Å². The number of carbonyl (C=O) groups is 4. The largest absolute Gasteiger partial charge is 0.469 e. The lowest BCUT2D eigenvalue weighted by molar-refractivity contribution is -0.147. The summed E-state index contributed by atoms with van der Waals surface area (Å²) >= 11 is 0. The molecule has 0 aliphatic heterocycles. The molecule has 0 unspecified atom stereocenters. The van der Waals surface area contributed by atoms with Gasteiger partial charge in [0, 0.05) is 6.42 Å². The molecule has 0 aliphatic rings. The predicted molar refractivity (Wildman–Crippen MR) is 51.2 cm³/mol. The fraction of sp³-hybridized carbons (Fsp3) is 0.600. The zero-order valence-electron chi connectivity index (χ0n) is 8.87. The lowest BCUT2D eigenvalue weighted by atomic mass is 10.1. The van der Waals surface area contributed by atoms with Crippen LogP contribution in [0.1, 0.15) is 32.6 Å². The van der Waals surface area contributed by atoms with Crippen molar-refractivity contribution in [3.8, 4) is 0 Å². The molecule has 0 amide bonds. The molecule has 0 radical (unpaired) electrons. The summed E-state index contributed by atoms with van der Waals surface area (Å²) < 4.78 is 4.23. The molecule has 0 spiro atoms. The average molecular weight is 214 g/mol. The molecule has 0 fully saturated rings. The average Bonchev–Trinajstić information content (AvgIpc) is 2.17. The van der Waals surface area contributed by atoms with Crippen molar-refractivity contribution in [2.75, 3.05) is 7.11 Å². The Morgan fingerprint density at radius 3 is 2.00 bits per heavy atom. The fourth-order valence-corrected chi connectivity index (χ4v) is 0.947. The van der Waals surface area contributed by atoms with E-state index in [4.69, 9.17) is 0 Å². The smallest absolute Gasteiger partial charge is 0.313 e. The molecular weight excluding hydrogens is 200 g/mol. The number of ketones is 3. The predicted octanol–water partition coefficient (Wildman–Crippen LogP) is 0.447. The molecule has 84 valence electrons. The van der Waals surface area contributed by atoms with Gasteiger partial charge in [-0.2, -0.15) is 0 Å². The van der Waals surface area contributed by atoms with E-state index in [9.17, 15) is 19.2 Å². The maximum atomic E-state index is 11.1. The van der Waals surface area contributed by atoms with Crippen molar-refractivity contribution in [3.63, 3.8) is 0 Å². The van der Waals surface area contributed by atoms with Crippen LogP contribution in [0, 0.1) is 0 Å². The Balaban J connectivity index is 4.05. The third-order valence-electron chi connectivity index (χ3n) is 1.73. The second-order valence-corrected chi connectivity index (χ2v) is 3.06. The van der Waals surface area contributed by atoms with Crippen LogP contribution < -0.4 is 0 Å². The van der Waals surface area contributed by atoms with E-state index in [0.717, 1.165) is 7.11 Å². The van der Waals surface area contributed by atoms with Crippen LogP contribution in [0.4, 0.5) is 0 Å². The molecule has 5 nitrogen and oxygen atoms in total. The number of Topliss-reactive ketones (excluding diaryl/α,β-unsaturated/α-hetero) is 3. The number of carbonyl (C=O) groups excluding carboxylic acids is 4. The third-order valence-corrected chi connectivity index (χ3v) is 1.73. The lowest BCUT2D eigenvalue weighted by Crippen LogP contribution is -2.21. The van der Waals surface area contributed by atoms with Gasteiger partial charge >= 0.3 is 5.97 Å². The van der Waals surface area contributed by atoms with E-state index in [1.165, 1.54) is 0 Å². The maximum Gasteiger partial charge on any atom is 0.313 e. The quantitative estimate of drug-likeness (QED) is 0.349. The van der Waals surface area contributed by atoms with Crippen LogP contribution in [-0.2, 0) is 23.9 Å². The lowest BCUT2D eigenvalue weighted by Gasteiger charge is -1.98. The monoisotopic (exact) mass is 214 g/mol. The van der Waals surface area contributed by atoms with E-state index in [1.807, 2.05) is 0 Å². The summed E-state index contributed by atoms with van der Waals surface area (Å²) in [4.78, 5) is 43.8. The summed E-state index contributed by atoms with van der Waals surface area (Å²) in [7, 11) is 1.13. The van der Waals surface area contributed by atoms with Crippen molar-refractivity contribution in [2.45, 2.75) is 32.6 Å². The Labute approximate surface area is 87.8 Å². The topological polar surface area (TPSA) is 77.5 Å². The number of esters is 1. The van der Waals surface area contributed by atoms with Crippen molar-refractivity contribution in [2.24, 2.45) is 0 Å². The van der Waals surface area contributed by atoms with Gasteiger partial charge in [0.25, 0.3) is 0 Å². The maximum absolute atomic E-state index is 11.1. The highest BCUT2D eigenvalue weighted by molar-refractivity contribution is 6.42. The Bertz CT molecular complexity index is 280. The van der Waals surface area contributed by atoms with E-state index in [0.29, 0.717) is 6.42 Å². The Kier molecular flexibility index (Phi) is 6.17. The summed E-state index contributed by atoms with van der Waals surface area (Å²) in [5, 5.41) is 0. The van der Waals surface area contributed by atoms with Crippen LogP contribution >= 0.6 is 0 Å². The van der Waals surface area contributed by atoms with E-state index in [-0.39, 0.29) is 12.2 Å². The zero-order chi connectivity index (χ0) is 11.8. The molecule has 5 heteroatoms. The van der Waals surface area contributed by atoms with Crippen LogP contribution in [0.5, 0.6) is 0 Å². The van der Waals surface area contributed by atoms with Crippen LogP contribution in [0.2, 0.25) is 0 Å². The number of methoxy groups -OCH3 is 1. The van der Waals surface area contributed by atoms with Gasteiger partial charge in [-0.1, -0.05) is 6.92 Å². The SMILES string of the molecule is CCCC(=O)CC(=O)C(=O)CC(=O)OC. The molecule has 0 bridgehead atoms. The minimum atomic E-state index is -0.869. The summed E-state index contributed by atoms with van der Waals surface area (Å²) in [5.74, 6) is -2.73. The van der Waals surface area contributed by atoms with Crippen molar-refractivity contribution in [1.82, 2.24) is 0 Å².